The molecule has 0 aliphatic carbocycles. The van der Waals surface area contributed by atoms with Gasteiger partial charge >= 0.3 is 0 Å². The summed E-state index contributed by atoms with van der Waals surface area (Å²) in [5.41, 5.74) is 6.27. The average Bonchev–Trinajstić information content (AvgIpc) is 2.83. The van der Waals surface area contributed by atoms with Crippen LogP contribution in [0.5, 0.6) is 0 Å². The Morgan fingerprint density at radius 1 is 1.50 bits per heavy atom. The number of thiocarbonyl (C=S) groups is 1. The molecule has 1 aromatic heterocycles. The Bertz CT molecular complexity index is 574. The first-order chi connectivity index (χ1) is 8.59. The minimum atomic E-state index is -0.445. The summed E-state index contributed by atoms with van der Waals surface area (Å²) in [6.07, 6.45) is 1.53. The molecule has 1 aromatic carbocycles. The molecule has 0 radical (unpaired) electrons. The van der Waals surface area contributed by atoms with Crippen LogP contribution in [0.15, 0.2) is 33.4 Å². The van der Waals surface area contributed by atoms with Crippen LogP contribution in [0.4, 0.5) is 10.1 Å². The molecule has 0 aliphatic rings. The fourth-order valence-electron chi connectivity index (χ4n) is 1.39. The van der Waals surface area contributed by atoms with Crippen LogP contribution < -0.4 is 11.1 Å². The number of benzene rings is 1. The first kappa shape index (κ1) is 13.0. The highest BCUT2D eigenvalue weighted by atomic mass is 79.9. The van der Waals surface area contributed by atoms with Crippen molar-refractivity contribution in [3.63, 3.8) is 0 Å². The number of aromatic nitrogens is 1. The first-order valence-electron chi connectivity index (χ1n) is 5.01. The molecule has 3 N–H and O–H groups in total. The van der Waals surface area contributed by atoms with E-state index in [4.69, 9.17) is 22.5 Å². The Morgan fingerprint density at radius 2 is 2.28 bits per heavy atom. The minimum absolute atomic E-state index is 0.141. The van der Waals surface area contributed by atoms with E-state index >= 15 is 0 Å². The molecule has 1 heterocycles. The van der Waals surface area contributed by atoms with Gasteiger partial charge in [0.2, 0.25) is 0 Å². The lowest BCUT2D eigenvalue weighted by Crippen LogP contribution is -2.12. The molecule has 0 amide bonds. The molecule has 0 spiro atoms. The topological polar surface area (TPSA) is 64.1 Å². The lowest BCUT2D eigenvalue weighted by atomic mass is 10.2. The quantitative estimate of drug-likeness (QED) is 0.844. The molecule has 94 valence electrons. The van der Waals surface area contributed by atoms with E-state index in [2.05, 4.69) is 26.4 Å². The van der Waals surface area contributed by atoms with E-state index in [0.717, 1.165) is 0 Å². The molecule has 0 aliphatic heterocycles. The Kier molecular flexibility index (Phi) is 3.93. The van der Waals surface area contributed by atoms with E-state index in [0.29, 0.717) is 23.6 Å². The molecule has 2 rings (SSSR count). The summed E-state index contributed by atoms with van der Waals surface area (Å²) >= 11 is 7.95. The van der Waals surface area contributed by atoms with Gasteiger partial charge in [0.1, 0.15) is 4.99 Å². The van der Waals surface area contributed by atoms with Gasteiger partial charge in [0.25, 0.3) is 0 Å². The molecule has 0 unspecified atom stereocenters. The molecular weight excluding hydrogens is 321 g/mol. The number of hydrogen-bond acceptors (Lipinski definition) is 4. The summed E-state index contributed by atoms with van der Waals surface area (Å²) in [5, 5.41) is 6.46. The Balaban J connectivity index is 2.19. The number of anilines is 1. The van der Waals surface area contributed by atoms with Gasteiger partial charge < -0.3 is 15.6 Å². The molecule has 0 saturated carbocycles. The molecule has 4 nitrogen and oxygen atoms in total. The lowest BCUT2D eigenvalue weighted by Gasteiger charge is -2.09. The first-order valence-corrected chi connectivity index (χ1v) is 6.21. The third kappa shape index (κ3) is 2.68. The van der Waals surface area contributed by atoms with Crippen LogP contribution >= 0.6 is 28.1 Å². The van der Waals surface area contributed by atoms with Gasteiger partial charge in [-0.05, 0) is 28.1 Å². The van der Waals surface area contributed by atoms with E-state index in [1.165, 1.54) is 6.20 Å². The van der Waals surface area contributed by atoms with Crippen LogP contribution in [-0.2, 0) is 6.54 Å². The van der Waals surface area contributed by atoms with E-state index in [-0.39, 0.29) is 9.46 Å². The van der Waals surface area contributed by atoms with Crippen LogP contribution in [0.25, 0.3) is 0 Å². The van der Waals surface area contributed by atoms with Crippen molar-refractivity contribution >= 4 is 38.8 Å². The van der Waals surface area contributed by atoms with Gasteiger partial charge in [0.05, 0.1) is 22.9 Å². The second-order valence-corrected chi connectivity index (χ2v) is 4.72. The van der Waals surface area contributed by atoms with Gasteiger partial charge in [-0.15, -0.1) is 0 Å². The zero-order valence-electron chi connectivity index (χ0n) is 9.11. The Labute approximate surface area is 116 Å². The summed E-state index contributed by atoms with van der Waals surface area (Å²) in [6.45, 7) is 0.343. The third-order valence-corrected chi connectivity index (χ3v) is 3.29. The van der Waals surface area contributed by atoms with Crippen LogP contribution in [0.1, 0.15) is 11.3 Å². The summed E-state index contributed by atoms with van der Waals surface area (Å²) in [7, 11) is 0. The molecule has 0 atom stereocenters. The molecule has 2 aromatic rings. The average molecular weight is 330 g/mol. The second-order valence-electron chi connectivity index (χ2n) is 3.49. The Morgan fingerprint density at radius 3 is 2.89 bits per heavy atom. The minimum Gasteiger partial charge on any atom is -0.389 e. The van der Waals surface area contributed by atoms with Crippen molar-refractivity contribution < 1.29 is 8.91 Å². The third-order valence-electron chi connectivity index (χ3n) is 2.29. The Hall–Kier alpha value is -1.47. The van der Waals surface area contributed by atoms with Gasteiger partial charge in [0, 0.05) is 11.6 Å². The number of nitrogens with zero attached hydrogens (tertiary/aromatic N) is 1. The second kappa shape index (κ2) is 5.45. The van der Waals surface area contributed by atoms with E-state index in [1.807, 2.05) is 0 Å². The van der Waals surface area contributed by atoms with Gasteiger partial charge in [0.15, 0.2) is 11.6 Å². The van der Waals surface area contributed by atoms with Gasteiger partial charge in [-0.2, -0.15) is 0 Å². The van der Waals surface area contributed by atoms with Crippen molar-refractivity contribution in [2.75, 3.05) is 5.32 Å². The van der Waals surface area contributed by atoms with Crippen molar-refractivity contribution in [2.45, 2.75) is 6.54 Å². The fraction of sp³-hybridized carbons (Fsp3) is 0.0909. The molecular formula is C11H9BrFN3OS. The number of hydrogen-bond donors (Lipinski definition) is 2. The van der Waals surface area contributed by atoms with Crippen molar-refractivity contribution in [3.8, 4) is 0 Å². The van der Waals surface area contributed by atoms with Crippen LogP contribution in [0.2, 0.25) is 0 Å². The van der Waals surface area contributed by atoms with Crippen LogP contribution in [-0.4, -0.2) is 10.1 Å². The molecule has 0 bridgehead atoms. The molecule has 0 fully saturated rings. The smallest absolute Gasteiger partial charge is 0.161 e. The van der Waals surface area contributed by atoms with Crippen molar-refractivity contribution in [3.05, 3.63) is 46.0 Å². The fourth-order valence-corrected chi connectivity index (χ4v) is 2.25. The largest absolute Gasteiger partial charge is 0.389 e. The molecule has 7 heteroatoms. The zero-order valence-corrected chi connectivity index (χ0v) is 11.5. The number of rotatable bonds is 4. The van der Waals surface area contributed by atoms with E-state index < -0.39 is 5.82 Å². The zero-order chi connectivity index (χ0) is 13.1. The molecule has 0 saturated heterocycles. The van der Waals surface area contributed by atoms with Gasteiger partial charge in [-0.25, -0.2) is 4.39 Å². The van der Waals surface area contributed by atoms with Crippen molar-refractivity contribution in [2.24, 2.45) is 5.73 Å². The predicted octanol–water partition coefficient (Wildman–Crippen LogP) is 2.82. The highest BCUT2D eigenvalue weighted by Crippen LogP contribution is 2.27. The maximum absolute atomic E-state index is 14.0. The molecule has 18 heavy (non-hydrogen) atoms. The SMILES string of the molecule is NC(=S)c1ccc(NCc2ccno2)c(F)c1Br. The standard InChI is InChI=1S/C11H9BrFN3OS/c12-9-7(11(14)18)1-2-8(10(9)13)15-5-6-3-4-16-17-6/h1-4,15H,5H2,(H2,14,18). The number of nitrogens with one attached hydrogen (secondary N) is 1. The normalized spacial score (nSPS) is 10.3. The highest BCUT2D eigenvalue weighted by Gasteiger charge is 2.12. The van der Waals surface area contributed by atoms with E-state index in [1.54, 1.807) is 18.2 Å². The van der Waals surface area contributed by atoms with Gasteiger partial charge in [-0.1, -0.05) is 17.4 Å². The maximum atomic E-state index is 14.0. The number of nitrogens with two attached hydrogens (primary N) is 1. The van der Waals surface area contributed by atoms with Crippen molar-refractivity contribution in [1.29, 1.82) is 0 Å². The lowest BCUT2D eigenvalue weighted by molar-refractivity contribution is 0.388. The summed E-state index contributed by atoms with van der Waals surface area (Å²) < 4.78 is 19.1. The van der Waals surface area contributed by atoms with Gasteiger partial charge in [-0.3, -0.25) is 0 Å². The monoisotopic (exact) mass is 329 g/mol. The van der Waals surface area contributed by atoms with E-state index in [9.17, 15) is 4.39 Å². The predicted molar refractivity (Wildman–Crippen MR) is 73.8 cm³/mol. The van der Waals surface area contributed by atoms with Crippen molar-refractivity contribution in [1.82, 2.24) is 5.16 Å². The highest BCUT2D eigenvalue weighted by molar-refractivity contribution is 9.10. The maximum Gasteiger partial charge on any atom is 0.161 e. The summed E-state index contributed by atoms with van der Waals surface area (Å²) in [6, 6.07) is 4.92. The summed E-state index contributed by atoms with van der Waals surface area (Å²) in [5.74, 6) is 0.170. The van der Waals surface area contributed by atoms with Crippen LogP contribution in [0.3, 0.4) is 0 Å². The summed E-state index contributed by atoms with van der Waals surface area (Å²) in [4.78, 5) is 0.141. The van der Waals surface area contributed by atoms with Crippen LogP contribution in [0, 0.1) is 5.82 Å². The number of halogens is 2.